The summed E-state index contributed by atoms with van der Waals surface area (Å²) in [5.41, 5.74) is -0.879. The third kappa shape index (κ3) is 3.51. The van der Waals surface area contributed by atoms with E-state index in [1.165, 1.54) is 0 Å². The summed E-state index contributed by atoms with van der Waals surface area (Å²) in [6.07, 6.45) is 7.16. The normalized spacial score (nSPS) is 22.1. The molecule has 0 aromatic rings. The number of amides is 1. The molecular formula is C15H25NO4. The number of hydrogen-bond donors (Lipinski definition) is 2. The van der Waals surface area contributed by atoms with Crippen LogP contribution in [0.15, 0.2) is 0 Å². The Hall–Kier alpha value is -1.10. The summed E-state index contributed by atoms with van der Waals surface area (Å²) in [7, 11) is 0. The number of rotatable bonds is 6. The minimum atomic E-state index is -0.879. The van der Waals surface area contributed by atoms with Crippen molar-refractivity contribution in [2.75, 3.05) is 13.2 Å². The van der Waals surface area contributed by atoms with Crippen molar-refractivity contribution in [2.24, 2.45) is 5.41 Å². The predicted molar refractivity (Wildman–Crippen MR) is 74.2 cm³/mol. The van der Waals surface area contributed by atoms with Gasteiger partial charge < -0.3 is 15.1 Å². The molecule has 0 atom stereocenters. The zero-order valence-corrected chi connectivity index (χ0v) is 12.0. The van der Waals surface area contributed by atoms with Crippen molar-refractivity contribution in [2.45, 2.75) is 63.8 Å². The van der Waals surface area contributed by atoms with Gasteiger partial charge in [0.1, 0.15) is 0 Å². The molecule has 114 valence electrons. The fourth-order valence-electron chi connectivity index (χ4n) is 3.27. The maximum Gasteiger partial charge on any atom is 0.310 e. The molecule has 1 amide bonds. The summed E-state index contributed by atoms with van der Waals surface area (Å²) in [4.78, 5) is 25.9. The quantitative estimate of drug-likeness (QED) is 0.728. The van der Waals surface area contributed by atoms with E-state index < -0.39 is 11.4 Å². The molecule has 0 bridgehead atoms. The first-order valence-electron chi connectivity index (χ1n) is 7.73. The SMILES string of the molecule is O=C(CC1(C(=O)O)CCCCCC1)N(CCO)C1CC1. The molecule has 2 aliphatic carbocycles. The molecule has 0 saturated heterocycles. The van der Waals surface area contributed by atoms with E-state index >= 15 is 0 Å². The lowest BCUT2D eigenvalue weighted by Crippen LogP contribution is -2.41. The van der Waals surface area contributed by atoms with E-state index in [1.54, 1.807) is 4.90 Å². The third-order valence-corrected chi connectivity index (χ3v) is 4.65. The Kier molecular flexibility index (Phi) is 5.02. The molecule has 20 heavy (non-hydrogen) atoms. The van der Waals surface area contributed by atoms with Crippen LogP contribution in [-0.4, -0.2) is 46.2 Å². The van der Waals surface area contributed by atoms with Crippen molar-refractivity contribution in [3.05, 3.63) is 0 Å². The molecular weight excluding hydrogens is 258 g/mol. The summed E-state index contributed by atoms with van der Waals surface area (Å²) < 4.78 is 0. The maximum atomic E-state index is 12.5. The number of carboxylic acids is 1. The van der Waals surface area contributed by atoms with Crippen LogP contribution in [0.25, 0.3) is 0 Å². The van der Waals surface area contributed by atoms with Crippen LogP contribution in [0.3, 0.4) is 0 Å². The van der Waals surface area contributed by atoms with Crippen molar-refractivity contribution >= 4 is 11.9 Å². The average Bonchev–Trinajstić information content (AvgIpc) is 3.23. The number of aliphatic hydroxyl groups excluding tert-OH is 1. The van der Waals surface area contributed by atoms with E-state index in [1.807, 2.05) is 0 Å². The minimum absolute atomic E-state index is 0.0533. The van der Waals surface area contributed by atoms with Crippen molar-refractivity contribution < 1.29 is 19.8 Å². The Balaban J connectivity index is 2.06. The molecule has 0 aliphatic heterocycles. The van der Waals surface area contributed by atoms with Crippen LogP contribution < -0.4 is 0 Å². The number of carboxylic acid groups (broad SMARTS) is 1. The van der Waals surface area contributed by atoms with E-state index in [0.29, 0.717) is 19.4 Å². The smallest absolute Gasteiger partial charge is 0.310 e. The topological polar surface area (TPSA) is 77.8 Å². The van der Waals surface area contributed by atoms with Crippen LogP contribution in [0.4, 0.5) is 0 Å². The number of carbonyl (C=O) groups excluding carboxylic acids is 1. The molecule has 2 fully saturated rings. The highest BCUT2D eigenvalue weighted by Crippen LogP contribution is 2.40. The first kappa shape index (κ1) is 15.3. The molecule has 2 saturated carbocycles. The average molecular weight is 283 g/mol. The number of aliphatic carboxylic acids is 1. The minimum Gasteiger partial charge on any atom is -0.481 e. The summed E-state index contributed by atoms with van der Waals surface area (Å²) >= 11 is 0. The van der Waals surface area contributed by atoms with Crippen LogP contribution in [0.1, 0.15) is 57.8 Å². The highest BCUT2D eigenvalue weighted by molar-refractivity contribution is 5.85. The van der Waals surface area contributed by atoms with Crippen LogP contribution >= 0.6 is 0 Å². The Bertz CT molecular complexity index is 357. The van der Waals surface area contributed by atoms with Gasteiger partial charge in [-0.05, 0) is 25.7 Å². The van der Waals surface area contributed by atoms with Crippen molar-refractivity contribution in [3.8, 4) is 0 Å². The summed E-state index contributed by atoms with van der Waals surface area (Å²) in [5, 5.41) is 18.7. The zero-order valence-electron chi connectivity index (χ0n) is 12.0. The lowest BCUT2D eigenvalue weighted by Gasteiger charge is -2.31. The van der Waals surface area contributed by atoms with Crippen LogP contribution in [0, 0.1) is 5.41 Å². The van der Waals surface area contributed by atoms with Crippen LogP contribution in [0.5, 0.6) is 0 Å². The Labute approximate surface area is 120 Å². The fourth-order valence-corrected chi connectivity index (χ4v) is 3.27. The van der Waals surface area contributed by atoms with Gasteiger partial charge in [0.15, 0.2) is 0 Å². The Morgan fingerprint density at radius 3 is 2.15 bits per heavy atom. The van der Waals surface area contributed by atoms with Crippen LogP contribution in [0.2, 0.25) is 0 Å². The largest absolute Gasteiger partial charge is 0.481 e. The number of hydrogen-bond acceptors (Lipinski definition) is 3. The van der Waals surface area contributed by atoms with Gasteiger partial charge in [-0.3, -0.25) is 9.59 Å². The highest BCUT2D eigenvalue weighted by Gasteiger charge is 2.43. The molecule has 2 N–H and O–H groups in total. The van der Waals surface area contributed by atoms with Gasteiger partial charge in [0.2, 0.25) is 5.91 Å². The molecule has 2 rings (SSSR count). The predicted octanol–water partition coefficient (Wildman–Crippen LogP) is 1.78. The summed E-state index contributed by atoms with van der Waals surface area (Å²) in [6.45, 7) is 0.279. The van der Waals surface area contributed by atoms with Gasteiger partial charge in [-0.1, -0.05) is 25.7 Å². The van der Waals surface area contributed by atoms with Crippen molar-refractivity contribution in [1.29, 1.82) is 0 Å². The zero-order chi connectivity index (χ0) is 14.6. The third-order valence-electron chi connectivity index (χ3n) is 4.65. The van der Waals surface area contributed by atoms with Gasteiger partial charge in [0.25, 0.3) is 0 Å². The van der Waals surface area contributed by atoms with Gasteiger partial charge in [-0.2, -0.15) is 0 Å². The molecule has 0 unspecified atom stereocenters. The highest BCUT2D eigenvalue weighted by atomic mass is 16.4. The molecule has 0 spiro atoms. The van der Waals surface area contributed by atoms with Gasteiger partial charge in [-0.25, -0.2) is 0 Å². The molecule has 0 heterocycles. The van der Waals surface area contributed by atoms with E-state index in [9.17, 15) is 14.7 Å². The second-order valence-electron chi connectivity index (χ2n) is 6.22. The molecule has 0 aromatic heterocycles. The van der Waals surface area contributed by atoms with E-state index in [-0.39, 0.29) is 25.0 Å². The number of carbonyl (C=O) groups is 2. The van der Waals surface area contributed by atoms with Gasteiger partial charge in [0, 0.05) is 19.0 Å². The molecule has 0 radical (unpaired) electrons. The van der Waals surface area contributed by atoms with Gasteiger partial charge in [-0.15, -0.1) is 0 Å². The summed E-state index contributed by atoms with van der Waals surface area (Å²) in [6, 6.07) is 0.228. The Morgan fingerprint density at radius 1 is 1.10 bits per heavy atom. The molecule has 2 aliphatic rings. The molecule has 5 nitrogen and oxygen atoms in total. The van der Waals surface area contributed by atoms with Gasteiger partial charge >= 0.3 is 5.97 Å². The lowest BCUT2D eigenvalue weighted by molar-refractivity contribution is -0.155. The second kappa shape index (κ2) is 6.57. The van der Waals surface area contributed by atoms with E-state index in [2.05, 4.69) is 0 Å². The number of nitrogens with zero attached hydrogens (tertiary/aromatic N) is 1. The van der Waals surface area contributed by atoms with Crippen molar-refractivity contribution in [1.82, 2.24) is 4.90 Å². The molecule has 5 heteroatoms. The number of aliphatic hydroxyl groups is 1. The summed E-state index contributed by atoms with van der Waals surface area (Å²) in [5.74, 6) is -0.918. The second-order valence-corrected chi connectivity index (χ2v) is 6.22. The fraction of sp³-hybridized carbons (Fsp3) is 0.867. The molecule has 0 aromatic carbocycles. The van der Waals surface area contributed by atoms with E-state index in [0.717, 1.165) is 38.5 Å². The first-order chi connectivity index (χ1) is 9.59. The van der Waals surface area contributed by atoms with E-state index in [4.69, 9.17) is 5.11 Å². The Morgan fingerprint density at radius 2 is 1.70 bits per heavy atom. The maximum absolute atomic E-state index is 12.5. The van der Waals surface area contributed by atoms with Gasteiger partial charge in [0.05, 0.1) is 12.0 Å². The first-order valence-corrected chi connectivity index (χ1v) is 7.73. The standard InChI is InChI=1S/C15H25NO4/c17-10-9-16(12-5-6-12)13(18)11-15(14(19)20)7-3-1-2-4-8-15/h12,17H,1-11H2,(H,19,20). The lowest BCUT2D eigenvalue weighted by atomic mass is 9.77. The monoisotopic (exact) mass is 283 g/mol. The van der Waals surface area contributed by atoms with Crippen molar-refractivity contribution in [3.63, 3.8) is 0 Å². The van der Waals surface area contributed by atoms with Crippen LogP contribution in [-0.2, 0) is 9.59 Å².